The quantitative estimate of drug-likeness (QED) is 0.602. The van der Waals surface area contributed by atoms with Crippen LogP contribution >= 0.6 is 33.9 Å². The maximum atomic E-state index is 4.60. The number of para-hydroxylation sites is 1. The van der Waals surface area contributed by atoms with Gasteiger partial charge in [0.1, 0.15) is 0 Å². The molecule has 4 heteroatoms. The Hall–Kier alpha value is -0.980. The minimum atomic E-state index is 0.211. The Morgan fingerprint density at radius 3 is 2.90 bits per heavy atom. The summed E-state index contributed by atoms with van der Waals surface area (Å²) in [5.74, 6) is 0. The minimum absolute atomic E-state index is 0.211. The third kappa shape index (κ3) is 3.27. The van der Waals surface area contributed by atoms with Crippen LogP contribution in [0.2, 0.25) is 0 Å². The molecule has 0 aliphatic rings. The van der Waals surface area contributed by atoms with Crippen molar-refractivity contribution in [3.63, 3.8) is 0 Å². The third-order valence-electron chi connectivity index (χ3n) is 3.49. The van der Waals surface area contributed by atoms with Crippen molar-refractivity contribution >= 4 is 44.8 Å². The Morgan fingerprint density at radius 2 is 2.14 bits per heavy atom. The molecule has 2 nitrogen and oxygen atoms in total. The first-order valence-corrected chi connectivity index (χ1v) is 9.06. The molecule has 1 unspecified atom stereocenters. The molecule has 0 fully saturated rings. The van der Waals surface area contributed by atoms with Gasteiger partial charge in [0.05, 0.1) is 14.4 Å². The Bertz CT molecular complexity index is 733. The normalized spacial score (nSPS) is 12.7. The summed E-state index contributed by atoms with van der Waals surface area (Å²) in [6.07, 6.45) is 3.00. The van der Waals surface area contributed by atoms with Gasteiger partial charge in [0.15, 0.2) is 0 Å². The lowest BCUT2D eigenvalue weighted by Crippen LogP contribution is -2.23. The molecule has 0 radical (unpaired) electrons. The molecular weight excluding hydrogens is 391 g/mol. The van der Waals surface area contributed by atoms with E-state index in [4.69, 9.17) is 0 Å². The van der Waals surface area contributed by atoms with E-state index >= 15 is 0 Å². The van der Waals surface area contributed by atoms with Crippen LogP contribution in [0.25, 0.3) is 10.9 Å². The highest BCUT2D eigenvalue weighted by molar-refractivity contribution is 14.1. The van der Waals surface area contributed by atoms with Crippen molar-refractivity contribution in [1.29, 1.82) is 0 Å². The molecule has 108 valence electrons. The Morgan fingerprint density at radius 1 is 1.29 bits per heavy atom. The van der Waals surface area contributed by atoms with E-state index in [-0.39, 0.29) is 6.04 Å². The Balaban J connectivity index is 2.09. The molecule has 2 heterocycles. The van der Waals surface area contributed by atoms with Crippen LogP contribution in [0.15, 0.2) is 48.0 Å². The van der Waals surface area contributed by atoms with Gasteiger partial charge >= 0.3 is 0 Å². The zero-order valence-electron chi connectivity index (χ0n) is 11.8. The van der Waals surface area contributed by atoms with Gasteiger partial charge in [0.2, 0.25) is 0 Å². The lowest BCUT2D eigenvalue weighted by Gasteiger charge is -2.19. The average molecular weight is 408 g/mol. The Kier molecular flexibility index (Phi) is 4.87. The molecule has 0 saturated carbocycles. The fourth-order valence-electron chi connectivity index (χ4n) is 2.53. The highest BCUT2D eigenvalue weighted by atomic mass is 127. The zero-order chi connectivity index (χ0) is 14.7. The second-order valence-corrected chi connectivity index (χ2v) is 7.80. The van der Waals surface area contributed by atoms with E-state index in [9.17, 15) is 0 Å². The molecule has 1 atom stereocenters. The van der Waals surface area contributed by atoms with Crippen molar-refractivity contribution in [2.24, 2.45) is 0 Å². The van der Waals surface area contributed by atoms with Gasteiger partial charge in [-0.3, -0.25) is 4.98 Å². The molecule has 0 amide bonds. The first-order valence-electron chi connectivity index (χ1n) is 7.10. The van der Waals surface area contributed by atoms with Crippen molar-refractivity contribution in [3.8, 4) is 0 Å². The van der Waals surface area contributed by atoms with E-state index in [0.29, 0.717) is 0 Å². The molecule has 3 rings (SSSR count). The topological polar surface area (TPSA) is 24.9 Å². The molecule has 0 bridgehead atoms. The van der Waals surface area contributed by atoms with Gasteiger partial charge in [-0.1, -0.05) is 31.2 Å². The lowest BCUT2D eigenvalue weighted by atomic mass is 9.98. The Labute approximate surface area is 142 Å². The molecule has 0 aliphatic carbocycles. The number of pyridine rings is 1. The zero-order valence-corrected chi connectivity index (χ0v) is 14.8. The number of aromatic nitrogens is 1. The molecule has 21 heavy (non-hydrogen) atoms. The summed E-state index contributed by atoms with van der Waals surface area (Å²) in [5.41, 5.74) is 3.68. The monoisotopic (exact) mass is 408 g/mol. The summed E-state index contributed by atoms with van der Waals surface area (Å²) in [6, 6.07) is 13.0. The number of nitrogens with zero attached hydrogens (tertiary/aromatic N) is 1. The number of fused-ring (bicyclic) bond motifs is 1. The molecular formula is C17H17IN2S. The number of hydrogen-bond donors (Lipinski definition) is 1. The lowest BCUT2D eigenvalue weighted by molar-refractivity contribution is 0.602. The van der Waals surface area contributed by atoms with Crippen LogP contribution in [-0.2, 0) is 0 Å². The summed E-state index contributed by atoms with van der Waals surface area (Å²) in [4.78, 5) is 4.60. The molecule has 2 aromatic heterocycles. The minimum Gasteiger partial charge on any atom is -0.306 e. The van der Waals surface area contributed by atoms with E-state index in [0.717, 1.165) is 18.5 Å². The van der Waals surface area contributed by atoms with Gasteiger partial charge in [0, 0.05) is 11.6 Å². The van der Waals surface area contributed by atoms with Crippen LogP contribution in [0.4, 0.5) is 0 Å². The smallest absolute Gasteiger partial charge is 0.0753 e. The average Bonchev–Trinajstić information content (AvgIpc) is 2.94. The van der Waals surface area contributed by atoms with Gasteiger partial charge in [-0.25, -0.2) is 0 Å². The van der Waals surface area contributed by atoms with Crippen molar-refractivity contribution < 1.29 is 0 Å². The molecule has 0 spiro atoms. The maximum Gasteiger partial charge on any atom is 0.0753 e. The van der Waals surface area contributed by atoms with E-state index in [1.165, 1.54) is 19.4 Å². The number of halogens is 1. The number of nitrogens with one attached hydrogen (secondary N) is 1. The standard InChI is InChI=1S/C17H17IN2S/c1-2-8-19-17(13-10-15(18)21-11-13)14-7-3-5-12-6-4-9-20-16(12)14/h3-7,9-11,17,19H,2,8H2,1H3. The van der Waals surface area contributed by atoms with Gasteiger partial charge in [-0.2, -0.15) is 0 Å². The number of rotatable bonds is 5. The van der Waals surface area contributed by atoms with Crippen LogP contribution < -0.4 is 5.32 Å². The molecule has 1 N–H and O–H groups in total. The summed E-state index contributed by atoms with van der Waals surface area (Å²) >= 11 is 4.18. The van der Waals surface area contributed by atoms with Crippen molar-refractivity contribution in [2.75, 3.05) is 6.54 Å². The van der Waals surface area contributed by atoms with E-state index < -0.39 is 0 Å². The number of thiophene rings is 1. The maximum absolute atomic E-state index is 4.60. The first kappa shape index (κ1) is 14.9. The second-order valence-electron chi connectivity index (χ2n) is 4.99. The van der Waals surface area contributed by atoms with Crippen LogP contribution in [0, 0.1) is 2.88 Å². The summed E-state index contributed by atoms with van der Waals surface area (Å²) in [5, 5.41) is 7.12. The highest BCUT2D eigenvalue weighted by Crippen LogP contribution is 2.31. The SMILES string of the molecule is CCCNC(c1csc(I)c1)c1cccc2cccnc12. The number of hydrogen-bond acceptors (Lipinski definition) is 3. The predicted molar refractivity (Wildman–Crippen MR) is 98.9 cm³/mol. The largest absolute Gasteiger partial charge is 0.306 e. The van der Waals surface area contributed by atoms with E-state index in [1.807, 2.05) is 12.3 Å². The van der Waals surface area contributed by atoms with Crippen molar-refractivity contribution in [2.45, 2.75) is 19.4 Å². The van der Waals surface area contributed by atoms with Gasteiger partial charge in [-0.15, -0.1) is 11.3 Å². The highest BCUT2D eigenvalue weighted by Gasteiger charge is 2.17. The third-order valence-corrected chi connectivity index (χ3v) is 5.30. The van der Waals surface area contributed by atoms with Crippen molar-refractivity contribution in [1.82, 2.24) is 10.3 Å². The summed E-state index contributed by atoms with van der Waals surface area (Å²) in [7, 11) is 0. The van der Waals surface area contributed by atoms with Gasteiger partial charge in [0.25, 0.3) is 0 Å². The van der Waals surface area contributed by atoms with E-state index in [2.05, 4.69) is 75.5 Å². The van der Waals surface area contributed by atoms with Gasteiger partial charge in [-0.05, 0) is 64.2 Å². The van der Waals surface area contributed by atoms with Gasteiger partial charge < -0.3 is 5.32 Å². The molecule has 3 aromatic rings. The first-order chi connectivity index (χ1) is 10.3. The number of benzene rings is 1. The summed E-state index contributed by atoms with van der Waals surface area (Å²) in [6.45, 7) is 3.20. The molecule has 0 aliphatic heterocycles. The summed E-state index contributed by atoms with van der Waals surface area (Å²) < 4.78 is 1.32. The predicted octanol–water partition coefficient (Wildman–Crippen LogP) is 4.99. The molecule has 0 saturated heterocycles. The van der Waals surface area contributed by atoms with Crippen molar-refractivity contribution in [3.05, 3.63) is 62.0 Å². The fourth-order valence-corrected chi connectivity index (χ4v) is 3.93. The van der Waals surface area contributed by atoms with Crippen LogP contribution in [0.3, 0.4) is 0 Å². The van der Waals surface area contributed by atoms with Crippen LogP contribution in [0.5, 0.6) is 0 Å². The van der Waals surface area contributed by atoms with Crippen LogP contribution in [-0.4, -0.2) is 11.5 Å². The molecule has 1 aromatic carbocycles. The van der Waals surface area contributed by atoms with Crippen LogP contribution in [0.1, 0.15) is 30.5 Å². The van der Waals surface area contributed by atoms with E-state index in [1.54, 1.807) is 11.3 Å². The fraction of sp³-hybridized carbons (Fsp3) is 0.235. The second kappa shape index (κ2) is 6.85.